The van der Waals surface area contributed by atoms with Crippen molar-refractivity contribution in [2.24, 2.45) is 5.41 Å². The number of Topliss-reactive ketones (excluding diaryl/α,β-unsaturated/α-hetero) is 1. The van der Waals surface area contributed by atoms with Crippen LogP contribution in [0.5, 0.6) is 0 Å². The first-order chi connectivity index (χ1) is 16.5. The Labute approximate surface area is 266 Å². The van der Waals surface area contributed by atoms with E-state index in [1.807, 2.05) is 68.4 Å². The molecule has 2 rings (SSSR count). The summed E-state index contributed by atoms with van der Waals surface area (Å²) in [5.41, 5.74) is 3.04. The molecule has 254 valence electrons. The number of hydrogen-bond donors (Lipinski definition) is 0. The predicted octanol–water partition coefficient (Wildman–Crippen LogP) is 15.3. The molecule has 0 saturated carbocycles. The molecule has 2 aromatic carbocycles. The standard InChI is InChI=1S/C11H16.C10H13.C7H14O.3C2H6.6CH4.Rf/c1-4-11(2,3)10-8-6-5-7-9-10;1-3-9(2)10-7-5-4-6-8-10;1-5-7(3,4)6(2)8;3*1-2;;;;;;;/h5-9H,4H2,1-3H3;4-8H,3H2,1-2H3;5H2,1-4H3;3*1-2H3;6*1H4;/q;-1;;;;;;;;;;;. The van der Waals surface area contributed by atoms with Crippen molar-refractivity contribution in [3.8, 4) is 0 Å². The van der Waals surface area contributed by atoms with Crippen molar-refractivity contribution in [2.75, 3.05) is 0 Å². The van der Waals surface area contributed by atoms with Gasteiger partial charge in [0.2, 0.25) is 0 Å². The fraction of sp³-hybridized carbons (Fsp3) is 0.650. The molecular formula is C40H85ORf-. The van der Waals surface area contributed by atoms with Crippen molar-refractivity contribution in [3.63, 3.8) is 0 Å². The summed E-state index contributed by atoms with van der Waals surface area (Å²) in [4.78, 5) is 10.7. The topological polar surface area (TPSA) is 17.1 Å². The number of ketones is 1. The Morgan fingerprint density at radius 3 is 1.14 bits per heavy atom. The van der Waals surface area contributed by atoms with E-state index in [0.717, 1.165) is 12.8 Å². The Bertz CT molecular complexity index is 675. The average Bonchev–Trinajstić information content (AvgIpc) is 2.93. The van der Waals surface area contributed by atoms with Crippen LogP contribution in [0.1, 0.15) is 179 Å². The van der Waals surface area contributed by atoms with E-state index in [1.54, 1.807) is 6.92 Å². The molecule has 0 spiro atoms. The van der Waals surface area contributed by atoms with Crippen LogP contribution in [-0.2, 0) is 10.2 Å². The molecule has 42 heavy (non-hydrogen) atoms. The van der Waals surface area contributed by atoms with Crippen molar-refractivity contribution in [1.29, 1.82) is 0 Å². The minimum absolute atomic E-state index is 0. The molecule has 0 amide bonds. The second-order valence-electron chi connectivity index (χ2n) is 8.90. The predicted molar refractivity (Wildman–Crippen MR) is 204 cm³/mol. The zero-order chi connectivity index (χ0) is 28.5. The number of hydrogen-bond acceptors (Lipinski definition) is 1. The summed E-state index contributed by atoms with van der Waals surface area (Å²) in [6.07, 6.45) is 3.27. The van der Waals surface area contributed by atoms with E-state index in [4.69, 9.17) is 0 Å². The normalized spacial score (nSPS) is 7.88. The van der Waals surface area contributed by atoms with Crippen LogP contribution in [0, 0.1) is 11.3 Å². The SMILES string of the molecule is C.C.C.C.C.C.CC.CC.CC.CCC(C)(C)C(C)=O.CCC(C)(C)c1ccccc1.CC[C-](C)c1ccccc1.[Rf]. The summed E-state index contributed by atoms with van der Waals surface area (Å²) in [5, 5.41) is 0. The minimum Gasteiger partial charge on any atom is -0.299 e. The fourth-order valence-corrected chi connectivity index (χ4v) is 2.27. The Morgan fingerprint density at radius 2 is 0.929 bits per heavy atom. The fourth-order valence-electron chi connectivity index (χ4n) is 2.27. The van der Waals surface area contributed by atoms with E-state index in [1.165, 1.54) is 23.5 Å². The maximum Gasteiger partial charge on any atom is 0.135 e. The molecule has 0 saturated heterocycles. The van der Waals surface area contributed by atoms with Crippen LogP contribution in [-0.4, -0.2) is 5.78 Å². The molecule has 0 bridgehead atoms. The maximum absolute atomic E-state index is 10.7. The molecule has 0 N–H and O–H groups in total. The van der Waals surface area contributed by atoms with Gasteiger partial charge in [-0.05, 0) is 30.7 Å². The zero-order valence-corrected chi connectivity index (χ0v) is 33.4. The summed E-state index contributed by atoms with van der Waals surface area (Å²) >= 11 is 0. The number of rotatable bonds is 6. The van der Waals surface area contributed by atoms with E-state index in [9.17, 15) is 4.79 Å². The van der Waals surface area contributed by atoms with Gasteiger partial charge in [-0.25, -0.2) is 0 Å². The molecule has 2 heteroatoms. The first-order valence-electron chi connectivity index (χ1n) is 14.0. The van der Waals surface area contributed by atoms with E-state index in [-0.39, 0.29) is 55.8 Å². The molecular weight excluding hydrogens is 763 g/mol. The monoisotopic (exact) mass is 849 g/mol. The molecule has 0 heterocycles. The third-order valence-electron chi connectivity index (χ3n) is 6.07. The van der Waals surface area contributed by atoms with Gasteiger partial charge in [-0.15, -0.1) is 12.1 Å². The molecule has 0 aromatic heterocycles. The first-order valence-corrected chi connectivity index (χ1v) is 14.0. The molecule has 1 nitrogen and oxygen atoms in total. The van der Waals surface area contributed by atoms with Crippen LogP contribution in [0.2, 0.25) is 0 Å². The van der Waals surface area contributed by atoms with Crippen LogP contribution in [0.3, 0.4) is 0 Å². The largest absolute Gasteiger partial charge is 0.299 e. The van der Waals surface area contributed by atoms with E-state index >= 15 is 0 Å². The van der Waals surface area contributed by atoms with Crippen LogP contribution in [0.25, 0.3) is 0 Å². The third kappa shape index (κ3) is 35.0. The summed E-state index contributed by atoms with van der Waals surface area (Å²) < 4.78 is 0. The summed E-state index contributed by atoms with van der Waals surface area (Å²) in [6.45, 7) is 30.8. The maximum atomic E-state index is 10.7. The van der Waals surface area contributed by atoms with Crippen LogP contribution in [0.4, 0.5) is 0 Å². The average molecular weight is 849 g/mol. The first kappa shape index (κ1) is 71.8. The van der Waals surface area contributed by atoms with Crippen molar-refractivity contribution in [2.45, 2.75) is 173 Å². The van der Waals surface area contributed by atoms with E-state index in [2.05, 4.69) is 89.2 Å². The van der Waals surface area contributed by atoms with Crippen LogP contribution >= 0.6 is 0 Å². The summed E-state index contributed by atoms with van der Waals surface area (Å²) in [6, 6.07) is 21.2. The van der Waals surface area contributed by atoms with Gasteiger partial charge in [0, 0.05) is 5.41 Å². The second kappa shape index (κ2) is 45.0. The van der Waals surface area contributed by atoms with Gasteiger partial charge in [0.1, 0.15) is 5.78 Å². The van der Waals surface area contributed by atoms with Gasteiger partial charge in [0.15, 0.2) is 0 Å². The number of benzene rings is 2. The molecule has 0 aliphatic heterocycles. The quantitative estimate of drug-likeness (QED) is 0.265. The molecule has 0 aliphatic carbocycles. The van der Waals surface area contributed by atoms with Crippen LogP contribution in [0.15, 0.2) is 60.7 Å². The molecule has 0 fully saturated rings. The van der Waals surface area contributed by atoms with Gasteiger partial charge in [-0.2, -0.15) is 23.6 Å². The Kier molecular flexibility index (Phi) is 76.9. The van der Waals surface area contributed by atoms with Crippen molar-refractivity contribution in [1.82, 2.24) is 0 Å². The van der Waals surface area contributed by atoms with Gasteiger partial charge in [0.25, 0.3) is 0 Å². The van der Waals surface area contributed by atoms with Gasteiger partial charge in [0.05, 0.1) is 0 Å². The molecule has 0 aliphatic rings. The summed E-state index contributed by atoms with van der Waals surface area (Å²) in [5.74, 6) is 1.74. The van der Waals surface area contributed by atoms with Crippen molar-refractivity contribution < 1.29 is 4.79 Å². The summed E-state index contributed by atoms with van der Waals surface area (Å²) in [7, 11) is 0. The van der Waals surface area contributed by atoms with Gasteiger partial charge < -0.3 is 0 Å². The minimum atomic E-state index is -0.0972. The number of carbonyl (C=O) groups excluding carboxylic acids is 1. The van der Waals surface area contributed by atoms with Crippen molar-refractivity contribution >= 4 is 5.78 Å². The van der Waals surface area contributed by atoms with Gasteiger partial charge in [-0.1, -0.05) is 184 Å². The molecule has 2 aromatic rings. The Balaban J connectivity index is -0.0000000327. The van der Waals surface area contributed by atoms with Gasteiger partial charge >= 0.3 is 0 Å². The second-order valence-corrected chi connectivity index (χ2v) is 8.90. The molecule has 0 unspecified atom stereocenters. The zero-order valence-electron chi connectivity index (χ0n) is 27.0. The van der Waals surface area contributed by atoms with Crippen molar-refractivity contribution in [3.05, 3.63) is 77.7 Å². The third-order valence-corrected chi connectivity index (χ3v) is 6.07. The molecule has 0 radical (unpaired) electrons. The smallest absolute Gasteiger partial charge is 0.135 e. The number of carbonyl (C=O) groups is 1. The van der Waals surface area contributed by atoms with Crippen LogP contribution < -0.4 is 0 Å². The van der Waals surface area contributed by atoms with Gasteiger partial charge in [-0.3, -0.25) is 4.79 Å². The van der Waals surface area contributed by atoms with E-state index < -0.39 is 0 Å². The molecule has 0 atom stereocenters. The van der Waals surface area contributed by atoms with E-state index in [0.29, 0.717) is 5.41 Å². The Hall–Kier alpha value is -3.02. The Morgan fingerprint density at radius 1 is 0.619 bits per heavy atom.